The molecule has 2 fully saturated rings. The molecule has 0 unspecified atom stereocenters. The van der Waals surface area contributed by atoms with E-state index in [2.05, 4.69) is 11.0 Å². The van der Waals surface area contributed by atoms with Gasteiger partial charge in [0, 0.05) is 19.0 Å². The molecule has 1 saturated heterocycles. The van der Waals surface area contributed by atoms with E-state index in [0.717, 1.165) is 31.2 Å². The third-order valence-corrected chi connectivity index (χ3v) is 5.45. The van der Waals surface area contributed by atoms with Gasteiger partial charge in [0.25, 0.3) is 0 Å². The predicted octanol–water partition coefficient (Wildman–Crippen LogP) is 1.71. The monoisotopic (exact) mass is 313 g/mol. The number of aliphatic hydroxyl groups is 1. The minimum atomic E-state index is -0.568. The second kappa shape index (κ2) is 6.31. The zero-order valence-electron chi connectivity index (χ0n) is 13.2. The van der Waals surface area contributed by atoms with Crippen molar-refractivity contribution in [3.63, 3.8) is 0 Å². The summed E-state index contributed by atoms with van der Waals surface area (Å²) in [5, 5.41) is 19.7. The van der Waals surface area contributed by atoms with E-state index in [-0.39, 0.29) is 11.8 Å². The molecular formula is C18H23N3O2. The van der Waals surface area contributed by atoms with Crippen LogP contribution in [0.2, 0.25) is 0 Å². The molecule has 1 heterocycles. The first kappa shape index (κ1) is 16.0. The second-order valence-corrected chi connectivity index (χ2v) is 6.83. The normalized spacial score (nSPS) is 29.3. The maximum atomic E-state index is 12.0. The van der Waals surface area contributed by atoms with Crippen molar-refractivity contribution in [2.45, 2.75) is 43.7 Å². The van der Waals surface area contributed by atoms with Crippen molar-refractivity contribution in [1.82, 2.24) is 4.90 Å². The van der Waals surface area contributed by atoms with Crippen LogP contribution in [-0.2, 0) is 4.79 Å². The molecule has 2 aliphatic rings. The first-order valence-corrected chi connectivity index (χ1v) is 8.29. The number of carbonyl (C=O) groups excluding carboxylic acids is 1. The van der Waals surface area contributed by atoms with E-state index in [0.29, 0.717) is 25.1 Å². The Morgan fingerprint density at radius 3 is 2.74 bits per heavy atom. The van der Waals surface area contributed by atoms with Gasteiger partial charge in [0.1, 0.15) is 6.04 Å². The number of amides is 1. The van der Waals surface area contributed by atoms with Gasteiger partial charge in [-0.25, -0.2) is 0 Å². The maximum Gasteiger partial charge on any atom is 0.239 e. The van der Waals surface area contributed by atoms with Gasteiger partial charge in [-0.3, -0.25) is 9.69 Å². The van der Waals surface area contributed by atoms with Gasteiger partial charge in [-0.1, -0.05) is 25.0 Å². The smallest absolute Gasteiger partial charge is 0.239 e. The molecule has 0 spiro atoms. The molecule has 122 valence electrons. The lowest BCUT2D eigenvalue weighted by Crippen LogP contribution is -2.55. The fraction of sp³-hybridized carbons (Fsp3) is 0.556. The van der Waals surface area contributed by atoms with Crippen LogP contribution in [0.5, 0.6) is 0 Å². The summed E-state index contributed by atoms with van der Waals surface area (Å²) in [6, 6.07) is 8.62. The molecule has 0 radical (unpaired) electrons. The standard InChI is InChI=1S/C18H23N3O2/c19-11-13-4-6-14(7-5-13)16(17(20)22)21-10-9-18(23)8-2-1-3-15(18)12-21/h4-7,15-16,23H,1-3,8-10,12H2,(H2,20,22)/t15-,16+,18-/m0/s1. The molecule has 1 aliphatic carbocycles. The highest BCUT2D eigenvalue weighted by atomic mass is 16.3. The van der Waals surface area contributed by atoms with Crippen molar-refractivity contribution in [3.05, 3.63) is 35.4 Å². The van der Waals surface area contributed by atoms with Crippen molar-refractivity contribution in [3.8, 4) is 6.07 Å². The van der Waals surface area contributed by atoms with Gasteiger partial charge >= 0.3 is 0 Å². The van der Waals surface area contributed by atoms with Crippen LogP contribution in [0.4, 0.5) is 0 Å². The summed E-state index contributed by atoms with van der Waals surface area (Å²) in [4.78, 5) is 14.1. The number of nitrogens with zero attached hydrogens (tertiary/aromatic N) is 2. The minimum absolute atomic E-state index is 0.213. The highest BCUT2D eigenvalue weighted by molar-refractivity contribution is 5.81. The molecule has 5 heteroatoms. The molecule has 0 bridgehead atoms. The summed E-state index contributed by atoms with van der Waals surface area (Å²) in [7, 11) is 0. The zero-order chi connectivity index (χ0) is 16.4. The molecule has 3 atom stereocenters. The number of benzene rings is 1. The van der Waals surface area contributed by atoms with E-state index in [1.807, 2.05) is 0 Å². The number of hydrogen-bond acceptors (Lipinski definition) is 4. The Morgan fingerprint density at radius 1 is 1.35 bits per heavy atom. The van der Waals surface area contributed by atoms with Crippen LogP contribution >= 0.6 is 0 Å². The first-order chi connectivity index (χ1) is 11.0. The largest absolute Gasteiger partial charge is 0.390 e. The topological polar surface area (TPSA) is 90.3 Å². The van der Waals surface area contributed by atoms with E-state index in [1.54, 1.807) is 24.3 Å². The van der Waals surface area contributed by atoms with Crippen LogP contribution in [0.3, 0.4) is 0 Å². The van der Waals surface area contributed by atoms with Crippen molar-refractivity contribution >= 4 is 5.91 Å². The van der Waals surface area contributed by atoms with Crippen molar-refractivity contribution in [2.75, 3.05) is 13.1 Å². The Bertz CT molecular complexity index is 622. The van der Waals surface area contributed by atoms with Crippen molar-refractivity contribution in [2.24, 2.45) is 11.7 Å². The quantitative estimate of drug-likeness (QED) is 0.889. The Kier molecular flexibility index (Phi) is 4.38. The Labute approximate surface area is 136 Å². The molecule has 5 nitrogen and oxygen atoms in total. The predicted molar refractivity (Wildman–Crippen MR) is 86.2 cm³/mol. The molecule has 3 rings (SSSR count). The van der Waals surface area contributed by atoms with E-state index in [9.17, 15) is 9.90 Å². The lowest BCUT2D eigenvalue weighted by atomic mass is 9.71. The Morgan fingerprint density at radius 2 is 2.09 bits per heavy atom. The molecule has 23 heavy (non-hydrogen) atoms. The Hall–Kier alpha value is -1.90. The number of hydrogen-bond donors (Lipinski definition) is 2. The SMILES string of the molecule is N#Cc1ccc([C@H](C(N)=O)N2CC[C@@]3(O)CCCC[C@H]3C2)cc1. The lowest BCUT2D eigenvalue weighted by Gasteiger charge is -2.49. The van der Waals surface area contributed by atoms with E-state index >= 15 is 0 Å². The van der Waals surface area contributed by atoms with Crippen molar-refractivity contribution in [1.29, 1.82) is 5.26 Å². The van der Waals surface area contributed by atoms with Gasteiger partial charge in [-0.2, -0.15) is 5.26 Å². The van der Waals surface area contributed by atoms with Gasteiger partial charge in [0.2, 0.25) is 5.91 Å². The molecule has 0 aromatic heterocycles. The van der Waals surface area contributed by atoms with Crippen LogP contribution in [0.25, 0.3) is 0 Å². The number of piperidine rings is 1. The summed E-state index contributed by atoms with van der Waals surface area (Å²) in [6.07, 6.45) is 4.79. The number of fused-ring (bicyclic) bond motifs is 1. The van der Waals surface area contributed by atoms with E-state index < -0.39 is 11.6 Å². The fourth-order valence-corrected chi connectivity index (χ4v) is 4.13. The molecule has 1 aromatic rings. The van der Waals surface area contributed by atoms with Crippen LogP contribution in [0.1, 0.15) is 49.3 Å². The van der Waals surface area contributed by atoms with Crippen LogP contribution in [-0.4, -0.2) is 34.6 Å². The summed E-state index contributed by atoms with van der Waals surface area (Å²) in [6.45, 7) is 1.37. The molecule has 1 amide bonds. The molecule has 3 N–H and O–H groups in total. The molecular weight excluding hydrogens is 290 g/mol. The van der Waals surface area contributed by atoms with Crippen LogP contribution < -0.4 is 5.73 Å². The van der Waals surface area contributed by atoms with Gasteiger partial charge < -0.3 is 10.8 Å². The second-order valence-electron chi connectivity index (χ2n) is 6.83. The third-order valence-electron chi connectivity index (χ3n) is 5.45. The number of carbonyl (C=O) groups is 1. The van der Waals surface area contributed by atoms with Gasteiger partial charge in [-0.05, 0) is 37.0 Å². The summed E-state index contributed by atoms with van der Waals surface area (Å²) >= 11 is 0. The minimum Gasteiger partial charge on any atom is -0.390 e. The average molecular weight is 313 g/mol. The van der Waals surface area contributed by atoms with Gasteiger partial charge in [0.15, 0.2) is 0 Å². The summed E-state index contributed by atoms with van der Waals surface area (Å²) in [5.74, 6) is -0.166. The third kappa shape index (κ3) is 3.10. The number of primary amides is 1. The summed E-state index contributed by atoms with van der Waals surface area (Å²) in [5.41, 5.74) is 6.48. The fourth-order valence-electron chi connectivity index (χ4n) is 4.13. The maximum absolute atomic E-state index is 12.0. The number of nitrogens with two attached hydrogens (primary N) is 1. The Balaban J connectivity index is 1.81. The van der Waals surface area contributed by atoms with Gasteiger partial charge in [-0.15, -0.1) is 0 Å². The molecule has 1 saturated carbocycles. The highest BCUT2D eigenvalue weighted by Crippen LogP contribution is 2.41. The number of nitriles is 1. The highest BCUT2D eigenvalue weighted by Gasteiger charge is 2.44. The zero-order valence-corrected chi connectivity index (χ0v) is 13.2. The lowest BCUT2D eigenvalue weighted by molar-refractivity contribution is -0.132. The van der Waals surface area contributed by atoms with Crippen LogP contribution in [0.15, 0.2) is 24.3 Å². The number of rotatable bonds is 3. The molecule has 1 aliphatic heterocycles. The van der Waals surface area contributed by atoms with Crippen molar-refractivity contribution < 1.29 is 9.90 Å². The summed E-state index contributed by atoms with van der Waals surface area (Å²) < 4.78 is 0. The van der Waals surface area contributed by atoms with E-state index in [4.69, 9.17) is 11.0 Å². The average Bonchev–Trinajstić information content (AvgIpc) is 2.55. The molecule has 1 aromatic carbocycles. The van der Waals surface area contributed by atoms with Gasteiger partial charge in [0.05, 0.1) is 17.2 Å². The van der Waals surface area contributed by atoms with E-state index in [1.165, 1.54) is 0 Å². The van der Waals surface area contributed by atoms with Crippen LogP contribution in [0, 0.1) is 17.2 Å². The number of likely N-dealkylation sites (tertiary alicyclic amines) is 1. The first-order valence-electron chi connectivity index (χ1n) is 8.29.